The van der Waals surface area contributed by atoms with Crippen LogP contribution in [0.5, 0.6) is 5.75 Å². The second-order valence-corrected chi connectivity index (χ2v) is 6.84. The van der Waals surface area contributed by atoms with E-state index in [1.807, 2.05) is 6.07 Å². The number of halogens is 2. The van der Waals surface area contributed by atoms with Gasteiger partial charge in [-0.15, -0.1) is 0 Å². The lowest BCUT2D eigenvalue weighted by molar-refractivity contribution is -0.117. The number of benzene rings is 2. The zero-order chi connectivity index (χ0) is 19.8. The van der Waals surface area contributed by atoms with Gasteiger partial charge in [0.15, 0.2) is 0 Å². The molecular weight excluding hydrogens is 364 g/mol. The second kappa shape index (κ2) is 10.1. The van der Waals surface area contributed by atoms with Gasteiger partial charge in [-0.1, -0.05) is 30.3 Å². The van der Waals surface area contributed by atoms with Gasteiger partial charge in [0.1, 0.15) is 5.75 Å². The lowest BCUT2D eigenvalue weighted by Crippen LogP contribution is -2.36. The number of ether oxygens (including phenoxy) is 1. The highest BCUT2D eigenvalue weighted by Crippen LogP contribution is 2.17. The first-order valence-electron chi connectivity index (χ1n) is 9.42. The summed E-state index contributed by atoms with van der Waals surface area (Å²) in [5.74, 6) is -0.0435. The van der Waals surface area contributed by atoms with Gasteiger partial charge in [-0.2, -0.15) is 8.78 Å². The van der Waals surface area contributed by atoms with Crippen molar-refractivity contribution < 1.29 is 18.3 Å². The standard InChI is InChI=1S/C21H25F2N3O2/c22-21(23)28-19-9-7-18(8-10-19)24-20(27)16-26-12-4-11-25(13-14-26)15-17-5-2-1-3-6-17/h1-3,5-10,21H,4,11-16H2,(H,24,27). The van der Waals surface area contributed by atoms with E-state index in [4.69, 9.17) is 0 Å². The number of rotatable bonds is 7. The molecule has 1 amide bonds. The van der Waals surface area contributed by atoms with Gasteiger partial charge < -0.3 is 10.1 Å². The van der Waals surface area contributed by atoms with E-state index < -0.39 is 6.61 Å². The first-order chi connectivity index (χ1) is 13.6. The largest absolute Gasteiger partial charge is 0.435 e. The van der Waals surface area contributed by atoms with Crippen LogP contribution in [0.15, 0.2) is 54.6 Å². The van der Waals surface area contributed by atoms with Gasteiger partial charge in [-0.25, -0.2) is 0 Å². The fourth-order valence-corrected chi connectivity index (χ4v) is 3.31. The first kappa shape index (κ1) is 20.2. The van der Waals surface area contributed by atoms with Crippen molar-refractivity contribution in [2.45, 2.75) is 19.6 Å². The highest BCUT2D eigenvalue weighted by molar-refractivity contribution is 5.92. The summed E-state index contributed by atoms with van der Waals surface area (Å²) in [6.07, 6.45) is 1.01. The molecule has 0 aliphatic carbocycles. The molecule has 5 nitrogen and oxygen atoms in total. The van der Waals surface area contributed by atoms with Gasteiger partial charge in [0.2, 0.25) is 5.91 Å². The van der Waals surface area contributed by atoms with Gasteiger partial charge in [0.25, 0.3) is 0 Å². The summed E-state index contributed by atoms with van der Waals surface area (Å²) in [5, 5.41) is 2.80. The number of hydrogen-bond acceptors (Lipinski definition) is 4. The van der Waals surface area contributed by atoms with Crippen LogP contribution in [0.1, 0.15) is 12.0 Å². The average molecular weight is 389 g/mol. The van der Waals surface area contributed by atoms with Crippen molar-refractivity contribution in [3.63, 3.8) is 0 Å². The quantitative estimate of drug-likeness (QED) is 0.788. The summed E-state index contributed by atoms with van der Waals surface area (Å²) < 4.78 is 28.7. The van der Waals surface area contributed by atoms with Crippen molar-refractivity contribution in [1.82, 2.24) is 9.80 Å². The Labute approximate surface area is 163 Å². The van der Waals surface area contributed by atoms with E-state index in [1.165, 1.54) is 17.7 Å². The van der Waals surface area contributed by atoms with Crippen LogP contribution in [0.4, 0.5) is 14.5 Å². The molecule has 28 heavy (non-hydrogen) atoms. The van der Waals surface area contributed by atoms with Crippen LogP contribution in [0.3, 0.4) is 0 Å². The highest BCUT2D eigenvalue weighted by atomic mass is 19.3. The van der Waals surface area contributed by atoms with Crippen molar-refractivity contribution in [2.75, 3.05) is 38.0 Å². The summed E-state index contributed by atoms with van der Waals surface area (Å²) in [5.41, 5.74) is 1.86. The van der Waals surface area contributed by atoms with E-state index in [2.05, 4.69) is 44.1 Å². The molecule has 1 aliphatic heterocycles. The molecule has 3 rings (SSSR count). The van der Waals surface area contributed by atoms with E-state index >= 15 is 0 Å². The number of amides is 1. The number of nitrogens with zero attached hydrogens (tertiary/aromatic N) is 2. The van der Waals surface area contributed by atoms with Crippen LogP contribution in [0.2, 0.25) is 0 Å². The smallest absolute Gasteiger partial charge is 0.387 e. The minimum absolute atomic E-state index is 0.0685. The molecule has 7 heteroatoms. The Morgan fingerprint density at radius 2 is 1.64 bits per heavy atom. The van der Waals surface area contributed by atoms with E-state index in [0.29, 0.717) is 12.2 Å². The summed E-state index contributed by atoms with van der Waals surface area (Å²) in [4.78, 5) is 16.9. The van der Waals surface area contributed by atoms with Crippen LogP contribution in [-0.4, -0.2) is 55.0 Å². The van der Waals surface area contributed by atoms with Crippen molar-refractivity contribution in [2.24, 2.45) is 0 Å². The van der Waals surface area contributed by atoms with Gasteiger partial charge in [-0.3, -0.25) is 14.6 Å². The van der Waals surface area contributed by atoms with Gasteiger partial charge in [0.05, 0.1) is 6.54 Å². The third-order valence-corrected chi connectivity index (χ3v) is 4.66. The highest BCUT2D eigenvalue weighted by Gasteiger charge is 2.17. The third kappa shape index (κ3) is 6.58. The van der Waals surface area contributed by atoms with E-state index in [9.17, 15) is 13.6 Å². The van der Waals surface area contributed by atoms with Crippen molar-refractivity contribution in [3.05, 3.63) is 60.2 Å². The van der Waals surface area contributed by atoms with Crippen molar-refractivity contribution >= 4 is 11.6 Å². The molecule has 0 atom stereocenters. The fraction of sp³-hybridized carbons (Fsp3) is 0.381. The van der Waals surface area contributed by atoms with Crippen LogP contribution < -0.4 is 10.1 Å². The molecular formula is C21H25F2N3O2. The second-order valence-electron chi connectivity index (χ2n) is 6.84. The van der Waals surface area contributed by atoms with E-state index in [0.717, 1.165) is 39.1 Å². The van der Waals surface area contributed by atoms with Crippen molar-refractivity contribution in [1.29, 1.82) is 0 Å². The molecule has 2 aromatic carbocycles. The molecule has 0 aromatic heterocycles. The topological polar surface area (TPSA) is 44.8 Å². The molecule has 0 radical (unpaired) electrons. The molecule has 2 aromatic rings. The molecule has 1 saturated heterocycles. The fourth-order valence-electron chi connectivity index (χ4n) is 3.31. The molecule has 0 unspecified atom stereocenters. The van der Waals surface area contributed by atoms with Gasteiger partial charge in [0, 0.05) is 25.3 Å². The lowest BCUT2D eigenvalue weighted by atomic mass is 10.2. The monoisotopic (exact) mass is 389 g/mol. The molecule has 0 saturated carbocycles. The SMILES string of the molecule is O=C(CN1CCCN(Cc2ccccc2)CC1)Nc1ccc(OC(F)F)cc1. The van der Waals surface area contributed by atoms with E-state index in [-0.39, 0.29) is 11.7 Å². The van der Waals surface area contributed by atoms with Crippen LogP contribution >= 0.6 is 0 Å². The first-order valence-corrected chi connectivity index (χ1v) is 9.42. The maximum atomic E-state index is 12.3. The summed E-state index contributed by atoms with van der Waals surface area (Å²) in [7, 11) is 0. The minimum atomic E-state index is -2.86. The Bertz CT molecular complexity index is 741. The number of carbonyl (C=O) groups is 1. The molecule has 150 valence electrons. The van der Waals surface area contributed by atoms with E-state index in [1.54, 1.807) is 12.1 Å². The normalized spacial score (nSPS) is 16.0. The van der Waals surface area contributed by atoms with Gasteiger partial charge in [-0.05, 0) is 49.3 Å². The Kier molecular flexibility index (Phi) is 7.33. The van der Waals surface area contributed by atoms with Crippen molar-refractivity contribution in [3.8, 4) is 5.75 Å². The Morgan fingerprint density at radius 3 is 2.36 bits per heavy atom. The number of nitrogens with one attached hydrogen (secondary N) is 1. The molecule has 1 aliphatic rings. The number of anilines is 1. The molecule has 0 bridgehead atoms. The van der Waals surface area contributed by atoms with Gasteiger partial charge >= 0.3 is 6.61 Å². The zero-order valence-electron chi connectivity index (χ0n) is 15.7. The van der Waals surface area contributed by atoms with Crippen LogP contribution in [0, 0.1) is 0 Å². The zero-order valence-corrected chi connectivity index (χ0v) is 15.7. The predicted octanol–water partition coefficient (Wildman–Crippen LogP) is 3.43. The predicted molar refractivity (Wildman–Crippen MR) is 104 cm³/mol. The van der Waals surface area contributed by atoms with Crippen LogP contribution in [-0.2, 0) is 11.3 Å². The lowest BCUT2D eigenvalue weighted by Gasteiger charge is -2.21. The molecule has 1 N–H and O–H groups in total. The Balaban J connectivity index is 1.44. The number of alkyl halides is 2. The Morgan fingerprint density at radius 1 is 0.964 bits per heavy atom. The molecule has 0 spiro atoms. The Hall–Kier alpha value is -2.51. The maximum absolute atomic E-state index is 12.3. The molecule has 1 fully saturated rings. The minimum Gasteiger partial charge on any atom is -0.435 e. The summed E-state index contributed by atoms with van der Waals surface area (Å²) in [6, 6.07) is 16.3. The number of carbonyl (C=O) groups excluding carboxylic acids is 1. The molecule has 1 heterocycles. The summed E-state index contributed by atoms with van der Waals surface area (Å²) in [6.45, 7) is 2.02. The third-order valence-electron chi connectivity index (χ3n) is 4.66. The number of hydrogen-bond donors (Lipinski definition) is 1. The van der Waals surface area contributed by atoms with Crippen LogP contribution in [0.25, 0.3) is 0 Å². The summed E-state index contributed by atoms with van der Waals surface area (Å²) >= 11 is 0. The average Bonchev–Trinajstić information content (AvgIpc) is 2.89. The maximum Gasteiger partial charge on any atom is 0.387 e.